The van der Waals surface area contributed by atoms with E-state index >= 15 is 0 Å². The highest BCUT2D eigenvalue weighted by atomic mass is 32.1. The van der Waals surface area contributed by atoms with Crippen molar-refractivity contribution in [1.29, 1.82) is 0 Å². The third kappa shape index (κ3) is 3.79. The lowest BCUT2D eigenvalue weighted by atomic mass is 10.2. The smallest absolute Gasteiger partial charge is 0.264 e. The predicted molar refractivity (Wildman–Crippen MR) is 107 cm³/mol. The van der Waals surface area contributed by atoms with Crippen LogP contribution in [0.15, 0.2) is 42.9 Å². The van der Waals surface area contributed by atoms with Crippen LogP contribution in [0.2, 0.25) is 0 Å². The summed E-state index contributed by atoms with van der Waals surface area (Å²) >= 11 is 1.23. The third-order valence-electron chi connectivity index (χ3n) is 4.95. The van der Waals surface area contributed by atoms with Crippen molar-refractivity contribution in [1.82, 2.24) is 19.6 Å². The second-order valence-corrected chi connectivity index (χ2v) is 7.91. The van der Waals surface area contributed by atoms with Crippen LogP contribution in [-0.2, 0) is 11.3 Å². The number of amides is 2. The number of carbonyl (C=O) groups is 2. The van der Waals surface area contributed by atoms with Crippen LogP contribution in [0.5, 0.6) is 0 Å². The molecule has 0 spiro atoms. The maximum atomic E-state index is 12.8. The third-order valence-corrected chi connectivity index (χ3v) is 6.03. The first-order chi connectivity index (χ1) is 13.7. The molecule has 1 N–H and O–H groups in total. The van der Waals surface area contributed by atoms with Crippen LogP contribution >= 0.6 is 11.3 Å². The summed E-state index contributed by atoms with van der Waals surface area (Å²) in [5.74, 6) is -0.199. The number of carbonyl (C=O) groups excluding carboxylic acids is 2. The molecule has 1 atom stereocenters. The number of nitrogens with one attached hydrogen (secondary N) is 1. The zero-order chi connectivity index (χ0) is 19.5. The molecule has 1 saturated heterocycles. The van der Waals surface area contributed by atoms with Crippen molar-refractivity contribution in [2.75, 3.05) is 20.3 Å². The Labute approximate surface area is 166 Å². The Balaban J connectivity index is 1.39. The first-order valence-electron chi connectivity index (χ1n) is 9.25. The number of hydrogen-bond acceptors (Lipinski definition) is 5. The number of likely N-dealkylation sites (tertiary alicyclic amines) is 1. The second-order valence-electron chi connectivity index (χ2n) is 6.82. The van der Waals surface area contributed by atoms with Gasteiger partial charge in [-0.15, -0.1) is 11.3 Å². The molecule has 0 unspecified atom stereocenters. The zero-order valence-corrected chi connectivity index (χ0v) is 16.4. The van der Waals surface area contributed by atoms with Gasteiger partial charge in [0.25, 0.3) is 11.8 Å². The van der Waals surface area contributed by atoms with Crippen LogP contribution in [0.4, 0.5) is 0 Å². The van der Waals surface area contributed by atoms with Crippen LogP contribution in [0.25, 0.3) is 5.65 Å². The largest absolute Gasteiger partial charge is 0.383 e. The lowest BCUT2D eigenvalue weighted by Crippen LogP contribution is -2.37. The van der Waals surface area contributed by atoms with Gasteiger partial charge >= 0.3 is 0 Å². The Morgan fingerprint density at radius 3 is 3.00 bits per heavy atom. The fraction of sp³-hybridized carbons (Fsp3) is 0.350. The first-order valence-corrected chi connectivity index (χ1v) is 10.1. The quantitative estimate of drug-likeness (QED) is 0.692. The van der Waals surface area contributed by atoms with E-state index in [9.17, 15) is 9.59 Å². The normalized spacial score (nSPS) is 16.6. The molecule has 0 aromatic carbocycles. The van der Waals surface area contributed by atoms with Gasteiger partial charge in [0.1, 0.15) is 5.65 Å². The topological polar surface area (TPSA) is 75.9 Å². The molecule has 7 nitrogen and oxygen atoms in total. The Morgan fingerprint density at radius 2 is 2.14 bits per heavy atom. The van der Waals surface area contributed by atoms with E-state index in [0.717, 1.165) is 30.6 Å². The fourth-order valence-electron chi connectivity index (χ4n) is 3.52. The Kier molecular flexibility index (Phi) is 5.40. The van der Waals surface area contributed by atoms with E-state index in [-0.39, 0.29) is 17.9 Å². The number of nitrogens with zero attached hydrogens (tertiary/aromatic N) is 3. The average Bonchev–Trinajstić information content (AvgIpc) is 3.45. The van der Waals surface area contributed by atoms with Crippen molar-refractivity contribution in [2.45, 2.75) is 25.4 Å². The van der Waals surface area contributed by atoms with E-state index in [2.05, 4.69) is 10.3 Å². The number of thiophene rings is 1. The SMILES string of the molecule is COC[C@H]1CCCN1C(=O)c1ccc(C(=O)NCc2ccn3ccnc3c2)s1. The minimum Gasteiger partial charge on any atom is -0.383 e. The van der Waals surface area contributed by atoms with Crippen molar-refractivity contribution >= 4 is 28.8 Å². The molecule has 0 aliphatic carbocycles. The molecular weight excluding hydrogens is 376 g/mol. The van der Waals surface area contributed by atoms with E-state index in [1.54, 1.807) is 25.4 Å². The number of fused-ring (bicyclic) bond motifs is 1. The van der Waals surface area contributed by atoms with E-state index in [0.29, 0.717) is 22.9 Å². The van der Waals surface area contributed by atoms with Gasteiger partial charge in [0.05, 0.1) is 22.4 Å². The summed E-state index contributed by atoms with van der Waals surface area (Å²) in [5, 5.41) is 2.91. The van der Waals surface area contributed by atoms with Gasteiger partial charge in [-0.05, 0) is 42.7 Å². The zero-order valence-electron chi connectivity index (χ0n) is 15.6. The summed E-state index contributed by atoms with van der Waals surface area (Å²) < 4.78 is 7.13. The van der Waals surface area contributed by atoms with Gasteiger partial charge in [-0.25, -0.2) is 4.98 Å². The molecule has 4 heterocycles. The van der Waals surface area contributed by atoms with Crippen molar-refractivity contribution in [3.8, 4) is 0 Å². The Morgan fingerprint density at radius 1 is 1.29 bits per heavy atom. The van der Waals surface area contributed by atoms with Gasteiger partial charge in [0.2, 0.25) is 0 Å². The Hall–Kier alpha value is -2.71. The van der Waals surface area contributed by atoms with Gasteiger partial charge in [0, 0.05) is 38.8 Å². The second kappa shape index (κ2) is 8.12. The van der Waals surface area contributed by atoms with Gasteiger partial charge in [-0.2, -0.15) is 0 Å². The van der Waals surface area contributed by atoms with Gasteiger partial charge in [0.15, 0.2) is 0 Å². The molecule has 0 saturated carbocycles. The van der Waals surface area contributed by atoms with Gasteiger partial charge in [-0.1, -0.05) is 0 Å². The number of ether oxygens (including phenoxy) is 1. The van der Waals surface area contributed by atoms with Crippen molar-refractivity contribution in [3.63, 3.8) is 0 Å². The highest BCUT2D eigenvalue weighted by Crippen LogP contribution is 2.24. The Bertz CT molecular complexity index is 996. The fourth-order valence-corrected chi connectivity index (χ4v) is 4.40. The predicted octanol–water partition coefficient (Wildman–Crippen LogP) is 2.58. The highest BCUT2D eigenvalue weighted by molar-refractivity contribution is 7.15. The molecule has 28 heavy (non-hydrogen) atoms. The molecule has 0 bridgehead atoms. The number of aromatic nitrogens is 2. The molecule has 0 radical (unpaired) electrons. The minimum absolute atomic E-state index is 0.0200. The van der Waals surface area contributed by atoms with E-state index < -0.39 is 0 Å². The monoisotopic (exact) mass is 398 g/mol. The van der Waals surface area contributed by atoms with E-state index in [4.69, 9.17) is 4.74 Å². The molecule has 3 aromatic heterocycles. The maximum absolute atomic E-state index is 12.8. The van der Waals surface area contributed by atoms with Crippen LogP contribution < -0.4 is 5.32 Å². The lowest BCUT2D eigenvalue weighted by Gasteiger charge is -2.23. The van der Waals surface area contributed by atoms with Crippen LogP contribution in [0, 0.1) is 0 Å². The summed E-state index contributed by atoms with van der Waals surface area (Å²) in [5.41, 5.74) is 1.81. The molecule has 146 valence electrons. The summed E-state index contributed by atoms with van der Waals surface area (Å²) in [7, 11) is 1.65. The molecule has 4 rings (SSSR count). The molecule has 8 heteroatoms. The summed E-state index contributed by atoms with van der Waals surface area (Å²) in [4.78, 5) is 32.5. The number of methoxy groups -OCH3 is 1. The number of hydrogen-bond donors (Lipinski definition) is 1. The van der Waals surface area contributed by atoms with Crippen LogP contribution in [-0.4, -0.2) is 52.4 Å². The molecular formula is C20H22N4O3S. The molecule has 1 aliphatic rings. The van der Waals surface area contributed by atoms with Crippen molar-refractivity contribution in [3.05, 3.63) is 58.2 Å². The molecule has 1 aliphatic heterocycles. The standard InChI is InChI=1S/C20H22N4O3S/c1-27-13-15-3-2-8-24(15)20(26)17-5-4-16(28-17)19(25)22-12-14-6-9-23-10-7-21-18(23)11-14/h4-7,9-11,15H,2-3,8,12-13H2,1H3,(H,22,25)/t15-/m1/s1. The van der Waals surface area contributed by atoms with Gasteiger partial charge in [-0.3, -0.25) is 9.59 Å². The molecule has 2 amide bonds. The number of imidazole rings is 1. The summed E-state index contributed by atoms with van der Waals surface area (Å²) in [6.07, 6.45) is 7.47. The minimum atomic E-state index is -0.179. The summed E-state index contributed by atoms with van der Waals surface area (Å²) in [6.45, 7) is 1.69. The number of rotatable bonds is 6. The number of pyridine rings is 1. The maximum Gasteiger partial charge on any atom is 0.264 e. The highest BCUT2D eigenvalue weighted by Gasteiger charge is 2.30. The molecule has 1 fully saturated rings. The van der Waals surface area contributed by atoms with E-state index in [1.807, 2.05) is 33.8 Å². The average molecular weight is 398 g/mol. The lowest BCUT2D eigenvalue weighted by molar-refractivity contribution is 0.0635. The van der Waals surface area contributed by atoms with Crippen LogP contribution in [0.1, 0.15) is 37.7 Å². The first kappa shape index (κ1) is 18.6. The van der Waals surface area contributed by atoms with Crippen molar-refractivity contribution < 1.29 is 14.3 Å². The summed E-state index contributed by atoms with van der Waals surface area (Å²) in [6, 6.07) is 7.45. The van der Waals surface area contributed by atoms with Crippen LogP contribution in [0.3, 0.4) is 0 Å². The van der Waals surface area contributed by atoms with E-state index in [1.165, 1.54) is 11.3 Å². The van der Waals surface area contributed by atoms with Gasteiger partial charge < -0.3 is 19.4 Å². The van der Waals surface area contributed by atoms with Crippen molar-refractivity contribution in [2.24, 2.45) is 0 Å². The molecule has 3 aromatic rings.